The van der Waals surface area contributed by atoms with Gasteiger partial charge < -0.3 is 19.7 Å². The molecule has 1 fully saturated rings. The molecular formula is C30H34N4O3. The molecule has 0 bridgehead atoms. The highest BCUT2D eigenvalue weighted by Crippen LogP contribution is 2.30. The fourth-order valence-electron chi connectivity index (χ4n) is 4.88. The molecule has 192 valence electrons. The molecule has 7 nitrogen and oxygen atoms in total. The molecular weight excluding hydrogens is 464 g/mol. The second-order valence-corrected chi connectivity index (χ2v) is 9.69. The average Bonchev–Trinajstić information content (AvgIpc) is 3.36. The Kier molecular flexibility index (Phi) is 7.42. The first kappa shape index (κ1) is 24.8. The van der Waals surface area contributed by atoms with Crippen LogP contribution in [0.2, 0.25) is 0 Å². The summed E-state index contributed by atoms with van der Waals surface area (Å²) >= 11 is 0. The van der Waals surface area contributed by atoms with E-state index in [1.54, 1.807) is 7.11 Å². The summed E-state index contributed by atoms with van der Waals surface area (Å²) in [5.74, 6) is 1.53. The summed E-state index contributed by atoms with van der Waals surface area (Å²) in [6.07, 6.45) is 3.12. The van der Waals surface area contributed by atoms with Gasteiger partial charge in [-0.1, -0.05) is 19.1 Å². The molecule has 37 heavy (non-hydrogen) atoms. The number of methoxy groups -OCH3 is 1. The van der Waals surface area contributed by atoms with Gasteiger partial charge in [0.15, 0.2) is 0 Å². The number of carbonyl (C=O) groups is 1. The van der Waals surface area contributed by atoms with Crippen molar-refractivity contribution in [1.82, 2.24) is 20.4 Å². The maximum Gasteiger partial charge on any atom is 0.251 e. The lowest BCUT2D eigenvalue weighted by Gasteiger charge is -2.29. The number of aromatic amines is 1. The van der Waals surface area contributed by atoms with E-state index in [2.05, 4.69) is 34.4 Å². The molecule has 0 radical (unpaired) electrons. The van der Waals surface area contributed by atoms with Crippen LogP contribution in [0.5, 0.6) is 11.5 Å². The third kappa shape index (κ3) is 5.62. The van der Waals surface area contributed by atoms with Crippen molar-refractivity contribution in [2.45, 2.75) is 38.3 Å². The fourth-order valence-corrected chi connectivity index (χ4v) is 4.88. The summed E-state index contributed by atoms with van der Waals surface area (Å²) in [5.41, 5.74) is 4.29. The molecule has 1 aliphatic rings. The summed E-state index contributed by atoms with van der Waals surface area (Å²) in [6, 6.07) is 21.4. The second kappa shape index (κ2) is 11.0. The SMILES string of the molecule is CC[C@@H](NC(=O)c1ccc2[nH]nc(-c3ccc(OC4CCN(C)CC4)cc3)c2c1)c1cccc(OC)c1. The van der Waals surface area contributed by atoms with Gasteiger partial charge in [0.2, 0.25) is 0 Å². The minimum atomic E-state index is -0.120. The van der Waals surface area contributed by atoms with Crippen LogP contribution < -0.4 is 14.8 Å². The monoisotopic (exact) mass is 498 g/mol. The van der Waals surface area contributed by atoms with Gasteiger partial charge in [0, 0.05) is 29.6 Å². The zero-order valence-corrected chi connectivity index (χ0v) is 21.7. The number of H-pyrrole nitrogens is 1. The van der Waals surface area contributed by atoms with E-state index in [0.717, 1.165) is 71.6 Å². The molecule has 3 aromatic carbocycles. The van der Waals surface area contributed by atoms with Gasteiger partial charge in [-0.05, 0) is 86.5 Å². The molecule has 4 aromatic rings. The first-order valence-electron chi connectivity index (χ1n) is 12.9. The quantitative estimate of drug-likeness (QED) is 0.331. The van der Waals surface area contributed by atoms with E-state index >= 15 is 0 Å². The van der Waals surface area contributed by atoms with Gasteiger partial charge in [-0.15, -0.1) is 0 Å². The number of amides is 1. The number of hydrogen-bond acceptors (Lipinski definition) is 5. The number of piperidine rings is 1. The first-order chi connectivity index (χ1) is 18.0. The molecule has 2 heterocycles. The number of ether oxygens (including phenoxy) is 2. The maximum atomic E-state index is 13.2. The van der Waals surface area contributed by atoms with Crippen molar-refractivity contribution in [1.29, 1.82) is 0 Å². The van der Waals surface area contributed by atoms with E-state index in [-0.39, 0.29) is 18.1 Å². The second-order valence-electron chi connectivity index (χ2n) is 9.69. The van der Waals surface area contributed by atoms with Gasteiger partial charge in [0.1, 0.15) is 17.6 Å². The summed E-state index contributed by atoms with van der Waals surface area (Å²) in [4.78, 5) is 15.6. The van der Waals surface area contributed by atoms with Crippen molar-refractivity contribution >= 4 is 16.8 Å². The maximum absolute atomic E-state index is 13.2. The Morgan fingerprint density at radius 2 is 1.86 bits per heavy atom. The van der Waals surface area contributed by atoms with Crippen molar-refractivity contribution in [3.8, 4) is 22.8 Å². The number of fused-ring (bicyclic) bond motifs is 1. The highest BCUT2D eigenvalue weighted by Gasteiger charge is 2.19. The Balaban J connectivity index is 1.33. The molecule has 0 aliphatic carbocycles. The van der Waals surface area contributed by atoms with Gasteiger partial charge >= 0.3 is 0 Å². The Labute approximate surface area is 217 Å². The zero-order valence-electron chi connectivity index (χ0n) is 21.7. The van der Waals surface area contributed by atoms with Gasteiger partial charge in [0.25, 0.3) is 5.91 Å². The summed E-state index contributed by atoms with van der Waals surface area (Å²) in [5, 5.41) is 11.7. The number of likely N-dealkylation sites (tertiary alicyclic amines) is 1. The molecule has 5 rings (SSSR count). The van der Waals surface area contributed by atoms with E-state index in [1.165, 1.54) is 0 Å². The Morgan fingerprint density at radius 3 is 2.59 bits per heavy atom. The van der Waals surface area contributed by atoms with E-state index in [4.69, 9.17) is 9.47 Å². The lowest BCUT2D eigenvalue weighted by molar-refractivity contribution is 0.0935. The minimum Gasteiger partial charge on any atom is -0.497 e. The van der Waals surface area contributed by atoms with Crippen molar-refractivity contribution in [2.75, 3.05) is 27.2 Å². The largest absolute Gasteiger partial charge is 0.497 e. The molecule has 7 heteroatoms. The van der Waals surface area contributed by atoms with Crippen LogP contribution in [0.4, 0.5) is 0 Å². The molecule has 0 unspecified atom stereocenters. The van der Waals surface area contributed by atoms with Crippen LogP contribution in [-0.4, -0.2) is 54.4 Å². The number of benzene rings is 3. The predicted molar refractivity (Wildman–Crippen MR) is 146 cm³/mol. The number of nitrogens with one attached hydrogen (secondary N) is 2. The minimum absolute atomic E-state index is 0.112. The van der Waals surface area contributed by atoms with Crippen LogP contribution in [0.25, 0.3) is 22.2 Å². The molecule has 1 saturated heterocycles. The molecule has 0 spiro atoms. The molecule has 2 N–H and O–H groups in total. The molecule has 1 aliphatic heterocycles. The van der Waals surface area contributed by atoms with Gasteiger partial charge in [-0.3, -0.25) is 9.89 Å². The van der Waals surface area contributed by atoms with E-state index in [9.17, 15) is 4.79 Å². The van der Waals surface area contributed by atoms with Crippen LogP contribution in [0.3, 0.4) is 0 Å². The molecule has 0 saturated carbocycles. The van der Waals surface area contributed by atoms with Crippen LogP contribution in [0, 0.1) is 0 Å². The smallest absolute Gasteiger partial charge is 0.251 e. The summed E-state index contributed by atoms with van der Waals surface area (Å²) < 4.78 is 11.5. The number of nitrogens with zero attached hydrogens (tertiary/aromatic N) is 2. The van der Waals surface area contributed by atoms with E-state index in [1.807, 2.05) is 66.7 Å². The fraction of sp³-hybridized carbons (Fsp3) is 0.333. The lowest BCUT2D eigenvalue weighted by Crippen LogP contribution is -2.35. The van der Waals surface area contributed by atoms with E-state index < -0.39 is 0 Å². The highest BCUT2D eigenvalue weighted by atomic mass is 16.5. The Bertz CT molecular complexity index is 1360. The van der Waals surface area contributed by atoms with Crippen molar-refractivity contribution in [3.05, 3.63) is 77.9 Å². The number of rotatable bonds is 8. The predicted octanol–water partition coefficient (Wildman–Crippen LogP) is 5.59. The summed E-state index contributed by atoms with van der Waals surface area (Å²) in [6.45, 7) is 4.19. The van der Waals surface area contributed by atoms with Gasteiger partial charge in [-0.2, -0.15) is 5.10 Å². The summed E-state index contributed by atoms with van der Waals surface area (Å²) in [7, 11) is 3.80. The number of aromatic nitrogens is 2. The molecule has 1 aromatic heterocycles. The van der Waals surface area contributed by atoms with E-state index in [0.29, 0.717) is 5.56 Å². The standard InChI is InChI=1S/C30H34N4O3/c1-4-27(21-6-5-7-25(18-21)36-3)31-30(35)22-10-13-28-26(19-22)29(33-32-28)20-8-11-23(12-9-20)37-24-14-16-34(2)17-15-24/h5-13,18-19,24,27H,4,14-17H2,1-3H3,(H,31,35)(H,32,33)/t27-/m1/s1. The van der Waals surface area contributed by atoms with Crippen molar-refractivity contribution in [2.24, 2.45) is 0 Å². The molecule has 1 atom stereocenters. The van der Waals surface area contributed by atoms with Crippen LogP contribution in [0.15, 0.2) is 66.7 Å². The van der Waals surface area contributed by atoms with Gasteiger partial charge in [0.05, 0.1) is 24.4 Å². The van der Waals surface area contributed by atoms with Crippen LogP contribution in [0.1, 0.15) is 48.1 Å². The third-order valence-electron chi connectivity index (χ3n) is 7.13. The highest BCUT2D eigenvalue weighted by molar-refractivity contribution is 6.01. The van der Waals surface area contributed by atoms with Crippen LogP contribution >= 0.6 is 0 Å². The van der Waals surface area contributed by atoms with Gasteiger partial charge in [-0.25, -0.2) is 0 Å². The Morgan fingerprint density at radius 1 is 1.08 bits per heavy atom. The first-order valence-corrected chi connectivity index (χ1v) is 12.9. The van der Waals surface area contributed by atoms with Crippen molar-refractivity contribution in [3.63, 3.8) is 0 Å². The third-order valence-corrected chi connectivity index (χ3v) is 7.13. The lowest BCUT2D eigenvalue weighted by atomic mass is 10.0. The number of hydrogen-bond donors (Lipinski definition) is 2. The topological polar surface area (TPSA) is 79.5 Å². The normalized spacial score (nSPS) is 15.4. The van der Waals surface area contributed by atoms with Crippen LogP contribution in [-0.2, 0) is 0 Å². The number of carbonyl (C=O) groups excluding carboxylic acids is 1. The van der Waals surface area contributed by atoms with Crippen molar-refractivity contribution < 1.29 is 14.3 Å². The molecule has 1 amide bonds. The Hall–Kier alpha value is -3.84. The zero-order chi connectivity index (χ0) is 25.8. The average molecular weight is 499 g/mol.